The molecule has 1 N–H and O–H groups in total. The van der Waals surface area contributed by atoms with Crippen molar-refractivity contribution in [1.82, 2.24) is 4.90 Å². The molecule has 1 aromatic carbocycles. The number of nitrogens with zero attached hydrogens (tertiary/aromatic N) is 2. The Balaban J connectivity index is 2.32. The van der Waals surface area contributed by atoms with Crippen molar-refractivity contribution in [3.8, 4) is 0 Å². The molecule has 1 saturated heterocycles. The fourth-order valence-electron chi connectivity index (χ4n) is 2.75. The van der Waals surface area contributed by atoms with Crippen LogP contribution in [0.15, 0.2) is 24.3 Å². The highest BCUT2D eigenvalue weighted by Crippen LogP contribution is 2.32. The van der Waals surface area contributed by atoms with Crippen molar-refractivity contribution in [3.63, 3.8) is 0 Å². The summed E-state index contributed by atoms with van der Waals surface area (Å²) in [6, 6.07) is 6.10. The second-order valence-electron chi connectivity index (χ2n) is 5.34. The summed E-state index contributed by atoms with van der Waals surface area (Å²) < 4.78 is 0. The second kappa shape index (κ2) is 6.96. The van der Waals surface area contributed by atoms with Gasteiger partial charge >= 0.3 is 5.97 Å². The van der Waals surface area contributed by atoms with E-state index in [0.717, 1.165) is 43.4 Å². The quantitative estimate of drug-likeness (QED) is 0.869. The van der Waals surface area contributed by atoms with Gasteiger partial charge in [-0.15, -0.1) is 0 Å². The number of anilines is 1. The molecule has 21 heavy (non-hydrogen) atoms. The summed E-state index contributed by atoms with van der Waals surface area (Å²) in [6.07, 6.45) is 3.85. The summed E-state index contributed by atoms with van der Waals surface area (Å²) >= 11 is 6.37. The van der Waals surface area contributed by atoms with E-state index in [1.54, 1.807) is 6.08 Å². The maximum Gasteiger partial charge on any atom is 0.328 e. The largest absolute Gasteiger partial charge is 0.478 e. The molecule has 0 aliphatic carbocycles. The maximum atomic E-state index is 10.7. The van der Waals surface area contributed by atoms with Gasteiger partial charge in [-0.1, -0.05) is 30.7 Å². The van der Waals surface area contributed by atoms with Crippen LogP contribution in [0, 0.1) is 0 Å². The Bertz CT molecular complexity index is 545. The zero-order chi connectivity index (χ0) is 15.4. The number of rotatable bonds is 4. The zero-order valence-corrected chi connectivity index (χ0v) is 13.2. The first-order valence-electron chi connectivity index (χ1n) is 7.17. The molecular weight excluding hydrogens is 288 g/mol. The summed E-state index contributed by atoms with van der Waals surface area (Å²) in [4.78, 5) is 15.4. The molecule has 1 fully saturated rings. The summed E-state index contributed by atoms with van der Waals surface area (Å²) in [5.41, 5.74) is 1.78. The van der Waals surface area contributed by atoms with Crippen LogP contribution in [-0.2, 0) is 4.79 Å². The SMILES string of the molecule is CCC1CN(c2c(Cl)cccc2/C=C/C(=O)O)CCN1C. The van der Waals surface area contributed by atoms with Crippen LogP contribution in [0.25, 0.3) is 6.08 Å². The van der Waals surface area contributed by atoms with Gasteiger partial charge in [-0.2, -0.15) is 0 Å². The van der Waals surface area contributed by atoms with E-state index in [1.165, 1.54) is 0 Å². The van der Waals surface area contributed by atoms with Crippen molar-refractivity contribution in [2.45, 2.75) is 19.4 Å². The average Bonchev–Trinajstić information content (AvgIpc) is 2.46. The number of piperazine rings is 1. The Hall–Kier alpha value is -1.52. The van der Waals surface area contributed by atoms with Gasteiger partial charge in [0.05, 0.1) is 10.7 Å². The summed E-state index contributed by atoms with van der Waals surface area (Å²) in [6.45, 7) is 4.96. The van der Waals surface area contributed by atoms with E-state index in [4.69, 9.17) is 16.7 Å². The fraction of sp³-hybridized carbons (Fsp3) is 0.438. The van der Waals surface area contributed by atoms with E-state index >= 15 is 0 Å². The smallest absolute Gasteiger partial charge is 0.328 e. The first-order valence-corrected chi connectivity index (χ1v) is 7.55. The lowest BCUT2D eigenvalue weighted by Gasteiger charge is -2.41. The van der Waals surface area contributed by atoms with E-state index in [1.807, 2.05) is 18.2 Å². The Morgan fingerprint density at radius 1 is 1.48 bits per heavy atom. The van der Waals surface area contributed by atoms with Crippen LogP contribution in [0.3, 0.4) is 0 Å². The van der Waals surface area contributed by atoms with Crippen molar-refractivity contribution in [1.29, 1.82) is 0 Å². The molecule has 0 radical (unpaired) electrons. The van der Waals surface area contributed by atoms with Gasteiger partial charge < -0.3 is 10.0 Å². The molecule has 1 aliphatic rings. The standard InChI is InChI=1S/C16H21ClN2O2/c1-3-13-11-19(10-9-18(13)2)16-12(7-8-15(20)21)5-4-6-14(16)17/h4-8,13H,3,9-11H2,1-2H3,(H,20,21)/b8-7+. The molecule has 114 valence electrons. The minimum Gasteiger partial charge on any atom is -0.478 e. The first kappa shape index (κ1) is 15.9. The lowest BCUT2D eigenvalue weighted by molar-refractivity contribution is -0.131. The van der Waals surface area contributed by atoms with Gasteiger partial charge in [-0.05, 0) is 31.2 Å². The Kier molecular flexibility index (Phi) is 5.26. The highest BCUT2D eigenvalue weighted by atomic mass is 35.5. The number of aliphatic carboxylic acids is 1. The number of para-hydroxylation sites is 1. The zero-order valence-electron chi connectivity index (χ0n) is 12.4. The highest BCUT2D eigenvalue weighted by Gasteiger charge is 2.25. The molecule has 1 aliphatic heterocycles. The van der Waals surface area contributed by atoms with Gasteiger partial charge in [-0.25, -0.2) is 4.79 Å². The molecule has 1 atom stereocenters. The van der Waals surface area contributed by atoms with E-state index in [-0.39, 0.29) is 0 Å². The second-order valence-corrected chi connectivity index (χ2v) is 5.75. The third kappa shape index (κ3) is 3.77. The van der Waals surface area contributed by atoms with E-state index < -0.39 is 5.97 Å². The molecule has 5 heteroatoms. The Labute approximate surface area is 130 Å². The molecular formula is C16H21ClN2O2. The molecule has 0 bridgehead atoms. The highest BCUT2D eigenvalue weighted by molar-refractivity contribution is 6.33. The van der Waals surface area contributed by atoms with Crippen molar-refractivity contribution in [2.75, 3.05) is 31.6 Å². The van der Waals surface area contributed by atoms with Crippen molar-refractivity contribution in [2.24, 2.45) is 0 Å². The van der Waals surface area contributed by atoms with Gasteiger partial charge in [0.1, 0.15) is 0 Å². The normalized spacial score (nSPS) is 20.1. The minimum atomic E-state index is -0.953. The molecule has 0 aromatic heterocycles. The van der Waals surface area contributed by atoms with E-state index in [9.17, 15) is 4.79 Å². The van der Waals surface area contributed by atoms with Crippen LogP contribution in [0.4, 0.5) is 5.69 Å². The predicted molar refractivity (Wildman–Crippen MR) is 87.0 cm³/mol. The van der Waals surface area contributed by atoms with Gasteiger partial charge in [-0.3, -0.25) is 4.90 Å². The van der Waals surface area contributed by atoms with Crippen LogP contribution in [0.1, 0.15) is 18.9 Å². The average molecular weight is 309 g/mol. The van der Waals surface area contributed by atoms with Gasteiger partial charge in [0.15, 0.2) is 0 Å². The Morgan fingerprint density at radius 3 is 2.90 bits per heavy atom. The topological polar surface area (TPSA) is 43.8 Å². The lowest BCUT2D eigenvalue weighted by Crippen LogP contribution is -2.51. The van der Waals surface area contributed by atoms with Crippen LogP contribution >= 0.6 is 11.6 Å². The molecule has 1 aromatic rings. The molecule has 1 heterocycles. The fourth-order valence-corrected chi connectivity index (χ4v) is 3.05. The van der Waals surface area contributed by atoms with Crippen LogP contribution in [0.5, 0.6) is 0 Å². The third-order valence-electron chi connectivity index (χ3n) is 3.99. The van der Waals surface area contributed by atoms with Crippen molar-refractivity contribution >= 4 is 29.3 Å². The number of likely N-dealkylation sites (N-methyl/N-ethyl adjacent to an activating group) is 1. The summed E-state index contributed by atoms with van der Waals surface area (Å²) in [5.74, 6) is -0.953. The molecule has 0 spiro atoms. The molecule has 0 amide bonds. The molecule has 2 rings (SSSR count). The number of carboxylic acids is 1. The number of carboxylic acid groups (broad SMARTS) is 1. The van der Waals surface area contributed by atoms with Gasteiger partial charge in [0.2, 0.25) is 0 Å². The monoisotopic (exact) mass is 308 g/mol. The number of hydrogen-bond acceptors (Lipinski definition) is 3. The van der Waals surface area contributed by atoms with Gasteiger partial charge in [0.25, 0.3) is 0 Å². The first-order chi connectivity index (χ1) is 10.0. The molecule has 1 unspecified atom stereocenters. The van der Waals surface area contributed by atoms with Crippen molar-refractivity contribution in [3.05, 3.63) is 34.9 Å². The van der Waals surface area contributed by atoms with Crippen LogP contribution < -0.4 is 4.90 Å². The van der Waals surface area contributed by atoms with Gasteiger partial charge in [0, 0.05) is 31.8 Å². The van der Waals surface area contributed by atoms with Crippen LogP contribution in [0.2, 0.25) is 5.02 Å². The van der Waals surface area contributed by atoms with E-state index in [2.05, 4.69) is 23.8 Å². The molecule has 0 saturated carbocycles. The number of halogens is 1. The number of carbonyl (C=O) groups is 1. The summed E-state index contributed by atoms with van der Waals surface area (Å²) in [5, 5.41) is 9.49. The Morgan fingerprint density at radius 2 is 2.24 bits per heavy atom. The lowest BCUT2D eigenvalue weighted by atomic mass is 10.1. The maximum absolute atomic E-state index is 10.7. The number of benzene rings is 1. The van der Waals surface area contributed by atoms with Crippen molar-refractivity contribution < 1.29 is 9.90 Å². The minimum absolute atomic E-state index is 0.492. The third-order valence-corrected chi connectivity index (χ3v) is 4.29. The summed E-state index contributed by atoms with van der Waals surface area (Å²) in [7, 11) is 2.14. The van der Waals surface area contributed by atoms with E-state index in [0.29, 0.717) is 11.1 Å². The molecule has 4 nitrogen and oxygen atoms in total. The number of hydrogen-bond donors (Lipinski definition) is 1. The van der Waals surface area contributed by atoms with Crippen LogP contribution in [-0.4, -0.2) is 48.7 Å². The predicted octanol–water partition coefficient (Wildman–Crippen LogP) is 2.97.